The molecule has 2 aromatic carbocycles. The van der Waals surface area contributed by atoms with Gasteiger partial charge in [-0.2, -0.15) is 5.21 Å². The fraction of sp³-hybridized carbons (Fsp3) is 0.304. The Balaban J connectivity index is 1.80. The number of aromatic amines is 1. The Morgan fingerprint density at radius 3 is 2.43 bits per heavy atom. The number of aromatic nitrogens is 6. The molecule has 30 heavy (non-hydrogen) atoms. The minimum Gasteiger partial charge on any atom is -0.294 e. The van der Waals surface area contributed by atoms with E-state index in [1.54, 1.807) is 0 Å². The molecule has 0 radical (unpaired) electrons. The molecule has 0 unspecified atom stereocenters. The zero-order valence-corrected chi connectivity index (χ0v) is 17.8. The van der Waals surface area contributed by atoms with Crippen LogP contribution in [0.2, 0.25) is 0 Å². The van der Waals surface area contributed by atoms with E-state index in [0.29, 0.717) is 12.4 Å². The van der Waals surface area contributed by atoms with Crippen molar-refractivity contribution in [3.05, 3.63) is 76.5 Å². The third-order valence-electron chi connectivity index (χ3n) is 5.24. The average Bonchev–Trinajstić information content (AvgIpc) is 3.37. The number of nitrogens with one attached hydrogen (secondary N) is 1. The van der Waals surface area contributed by atoms with Gasteiger partial charge in [0.2, 0.25) is 5.82 Å². The highest BCUT2D eigenvalue weighted by atomic mass is 16.1. The van der Waals surface area contributed by atoms with Crippen LogP contribution in [0.15, 0.2) is 59.5 Å². The number of hydrogen-bond acceptors (Lipinski definition) is 4. The number of hydrogen-bond donors (Lipinski definition) is 1. The lowest BCUT2D eigenvalue weighted by Gasteiger charge is -2.19. The third kappa shape index (κ3) is 3.70. The Kier molecular flexibility index (Phi) is 5.11. The first-order chi connectivity index (χ1) is 14.4. The maximum Gasteiger partial charge on any atom is 0.329 e. The van der Waals surface area contributed by atoms with Crippen molar-refractivity contribution in [2.45, 2.75) is 46.2 Å². The molecule has 0 saturated carbocycles. The zero-order valence-electron chi connectivity index (χ0n) is 17.8. The second-order valence-corrected chi connectivity index (χ2v) is 8.36. The zero-order chi connectivity index (χ0) is 21.3. The molecule has 0 atom stereocenters. The van der Waals surface area contributed by atoms with Gasteiger partial charge in [0, 0.05) is 23.0 Å². The van der Waals surface area contributed by atoms with Crippen LogP contribution in [0.25, 0.3) is 22.5 Å². The second kappa shape index (κ2) is 7.74. The Labute approximate surface area is 175 Å². The van der Waals surface area contributed by atoms with Gasteiger partial charge in [0.25, 0.3) is 0 Å². The van der Waals surface area contributed by atoms with Crippen molar-refractivity contribution in [1.82, 2.24) is 29.8 Å². The molecule has 0 aliphatic rings. The molecule has 2 aromatic heterocycles. The fourth-order valence-electron chi connectivity index (χ4n) is 3.66. The van der Waals surface area contributed by atoms with Gasteiger partial charge in [0.1, 0.15) is 0 Å². The van der Waals surface area contributed by atoms with E-state index in [-0.39, 0.29) is 11.2 Å². The standard InChI is InChI=1S/C23H26N6O/c1-5-18-15-29(23(2,3)4)22(30)28(18)14-16-11-12-19(17-9-7-6-8-10-17)20(13-16)21-24-26-27-25-21/h6-13,15H,5,14H2,1-4H3,(H,24,25,26,27). The van der Waals surface area contributed by atoms with Gasteiger partial charge in [-0.15, -0.1) is 10.2 Å². The molecule has 0 amide bonds. The van der Waals surface area contributed by atoms with Crippen molar-refractivity contribution in [2.75, 3.05) is 0 Å². The summed E-state index contributed by atoms with van der Waals surface area (Å²) in [5.41, 5.74) is 4.76. The van der Waals surface area contributed by atoms with Gasteiger partial charge in [-0.3, -0.25) is 9.13 Å². The lowest BCUT2D eigenvalue weighted by Crippen LogP contribution is -2.34. The lowest BCUT2D eigenvalue weighted by molar-refractivity contribution is 0.380. The van der Waals surface area contributed by atoms with E-state index in [9.17, 15) is 4.79 Å². The molecule has 0 saturated heterocycles. The van der Waals surface area contributed by atoms with Crippen LogP contribution in [-0.2, 0) is 18.5 Å². The predicted molar refractivity (Wildman–Crippen MR) is 117 cm³/mol. The van der Waals surface area contributed by atoms with Gasteiger partial charge in [0.15, 0.2) is 0 Å². The summed E-state index contributed by atoms with van der Waals surface area (Å²) in [4.78, 5) is 13.1. The molecule has 154 valence electrons. The number of aryl methyl sites for hydroxylation is 1. The maximum absolute atomic E-state index is 13.1. The highest BCUT2D eigenvalue weighted by Gasteiger charge is 2.20. The van der Waals surface area contributed by atoms with Crippen LogP contribution in [0.4, 0.5) is 0 Å². The average molecular weight is 403 g/mol. The second-order valence-electron chi connectivity index (χ2n) is 8.36. The highest BCUT2D eigenvalue weighted by molar-refractivity contribution is 5.80. The number of rotatable bonds is 5. The van der Waals surface area contributed by atoms with Crippen LogP contribution in [-0.4, -0.2) is 29.8 Å². The van der Waals surface area contributed by atoms with E-state index in [0.717, 1.165) is 34.4 Å². The normalized spacial score (nSPS) is 11.7. The van der Waals surface area contributed by atoms with Crippen LogP contribution in [0, 0.1) is 0 Å². The number of tetrazole rings is 1. The van der Waals surface area contributed by atoms with Gasteiger partial charge >= 0.3 is 5.69 Å². The van der Waals surface area contributed by atoms with E-state index in [1.807, 2.05) is 60.4 Å². The topological polar surface area (TPSA) is 81.4 Å². The molecule has 1 N–H and O–H groups in total. The van der Waals surface area contributed by atoms with E-state index in [1.165, 1.54) is 0 Å². The molecule has 4 rings (SSSR count). The van der Waals surface area contributed by atoms with Crippen LogP contribution in [0.5, 0.6) is 0 Å². The number of nitrogens with zero attached hydrogens (tertiary/aromatic N) is 5. The molecule has 0 aliphatic heterocycles. The first-order valence-corrected chi connectivity index (χ1v) is 10.1. The molecule has 7 heteroatoms. The number of benzene rings is 2. The van der Waals surface area contributed by atoms with Crippen molar-refractivity contribution >= 4 is 0 Å². The molecule has 2 heterocycles. The van der Waals surface area contributed by atoms with Crippen LogP contribution < -0.4 is 5.69 Å². The van der Waals surface area contributed by atoms with Crippen molar-refractivity contribution in [3.63, 3.8) is 0 Å². The van der Waals surface area contributed by atoms with Gasteiger partial charge in [-0.25, -0.2) is 4.79 Å². The Bertz CT molecular complexity index is 1200. The first-order valence-electron chi connectivity index (χ1n) is 10.1. The van der Waals surface area contributed by atoms with E-state index < -0.39 is 0 Å². The van der Waals surface area contributed by atoms with Gasteiger partial charge < -0.3 is 0 Å². The SMILES string of the molecule is CCc1cn(C(C)(C)C)c(=O)n1Cc1ccc(-c2ccccc2)c(-c2nn[nH]n2)c1. The van der Waals surface area contributed by atoms with E-state index in [2.05, 4.69) is 51.8 Å². The Morgan fingerprint density at radius 2 is 1.80 bits per heavy atom. The highest BCUT2D eigenvalue weighted by Crippen LogP contribution is 2.31. The molecule has 7 nitrogen and oxygen atoms in total. The number of H-pyrrole nitrogens is 1. The molecule has 0 aliphatic carbocycles. The quantitative estimate of drug-likeness (QED) is 0.550. The van der Waals surface area contributed by atoms with E-state index in [4.69, 9.17) is 0 Å². The summed E-state index contributed by atoms with van der Waals surface area (Å²) in [6.45, 7) is 8.69. The molecular formula is C23H26N6O. The van der Waals surface area contributed by atoms with Crippen molar-refractivity contribution in [3.8, 4) is 22.5 Å². The molecular weight excluding hydrogens is 376 g/mol. The maximum atomic E-state index is 13.1. The van der Waals surface area contributed by atoms with Crippen LogP contribution in [0.3, 0.4) is 0 Å². The summed E-state index contributed by atoms with van der Waals surface area (Å²) in [5, 5.41) is 14.6. The summed E-state index contributed by atoms with van der Waals surface area (Å²) < 4.78 is 3.66. The smallest absolute Gasteiger partial charge is 0.294 e. The summed E-state index contributed by atoms with van der Waals surface area (Å²) >= 11 is 0. The molecule has 4 aromatic rings. The van der Waals surface area contributed by atoms with Crippen molar-refractivity contribution in [2.24, 2.45) is 0 Å². The van der Waals surface area contributed by atoms with Crippen LogP contribution in [0.1, 0.15) is 39.0 Å². The minimum absolute atomic E-state index is 0.00703. The Morgan fingerprint density at radius 1 is 1.03 bits per heavy atom. The number of imidazole rings is 1. The summed E-state index contributed by atoms with van der Waals surface area (Å²) in [7, 11) is 0. The monoisotopic (exact) mass is 402 g/mol. The summed E-state index contributed by atoms with van der Waals surface area (Å²) in [5.74, 6) is 0.533. The molecule has 0 spiro atoms. The van der Waals surface area contributed by atoms with Gasteiger partial charge in [-0.1, -0.05) is 49.4 Å². The van der Waals surface area contributed by atoms with Gasteiger partial charge in [-0.05, 0) is 55.2 Å². The fourth-order valence-corrected chi connectivity index (χ4v) is 3.66. The first kappa shape index (κ1) is 19.8. The summed E-state index contributed by atoms with van der Waals surface area (Å²) in [6.07, 6.45) is 2.76. The minimum atomic E-state index is -0.265. The molecule has 0 fully saturated rings. The lowest BCUT2D eigenvalue weighted by atomic mass is 9.97. The van der Waals surface area contributed by atoms with Crippen molar-refractivity contribution in [1.29, 1.82) is 0 Å². The van der Waals surface area contributed by atoms with E-state index >= 15 is 0 Å². The summed E-state index contributed by atoms with van der Waals surface area (Å²) in [6, 6.07) is 16.3. The van der Waals surface area contributed by atoms with Gasteiger partial charge in [0.05, 0.1) is 6.54 Å². The van der Waals surface area contributed by atoms with Crippen molar-refractivity contribution < 1.29 is 0 Å². The predicted octanol–water partition coefficient (Wildman–Crippen LogP) is 3.86. The Hall–Kier alpha value is -3.48. The molecule has 0 bridgehead atoms. The third-order valence-corrected chi connectivity index (χ3v) is 5.24. The largest absolute Gasteiger partial charge is 0.329 e. The van der Waals surface area contributed by atoms with Crippen LogP contribution >= 0.6 is 0 Å².